The van der Waals surface area contributed by atoms with Crippen molar-refractivity contribution in [2.45, 2.75) is 0 Å². The number of halogens is 2. The average Bonchev–Trinajstić information content (AvgIpc) is 2.71. The van der Waals surface area contributed by atoms with Gasteiger partial charge in [0.2, 0.25) is 0 Å². The monoisotopic (exact) mass is 259 g/mol. The maximum Gasteiger partial charge on any atom is 0.188 e. The van der Waals surface area contributed by atoms with Gasteiger partial charge in [0, 0.05) is 0 Å². The molecule has 0 fully saturated rings. The summed E-state index contributed by atoms with van der Waals surface area (Å²) >= 11 is 0. The second kappa shape index (κ2) is 3.98. The summed E-state index contributed by atoms with van der Waals surface area (Å²) in [6.07, 6.45) is 3.21. The number of rotatable bonds is 1. The molecule has 0 amide bonds. The van der Waals surface area contributed by atoms with Gasteiger partial charge in [0.1, 0.15) is 5.82 Å². The number of ketones is 2. The summed E-state index contributed by atoms with van der Waals surface area (Å²) in [6.45, 7) is 0. The topological polar surface area (TPSA) is 49.9 Å². The molecule has 3 rings (SSSR count). The van der Waals surface area contributed by atoms with E-state index < -0.39 is 23.2 Å². The number of hydrogen-bond donors (Lipinski definition) is 1. The van der Waals surface area contributed by atoms with Crippen LogP contribution in [0.1, 0.15) is 5.69 Å². The lowest BCUT2D eigenvalue weighted by Gasteiger charge is -2.04. The minimum absolute atomic E-state index is 0.0967. The van der Waals surface area contributed by atoms with Gasteiger partial charge in [-0.3, -0.25) is 9.59 Å². The van der Waals surface area contributed by atoms with Crippen molar-refractivity contribution in [1.29, 1.82) is 0 Å². The van der Waals surface area contributed by atoms with Crippen LogP contribution in [-0.2, 0) is 9.59 Å². The Morgan fingerprint density at radius 3 is 2.58 bits per heavy atom. The number of fused-ring (bicyclic) bond motifs is 1. The molecule has 1 aliphatic carbocycles. The predicted octanol–water partition coefficient (Wildman–Crippen LogP) is 2.54. The molecule has 0 bridgehead atoms. The van der Waals surface area contributed by atoms with E-state index >= 15 is 0 Å². The first-order valence-electron chi connectivity index (χ1n) is 5.52. The summed E-state index contributed by atoms with van der Waals surface area (Å²) in [5, 5.41) is -0.215. The number of aromatic amines is 1. The highest BCUT2D eigenvalue weighted by molar-refractivity contribution is 6.34. The second-order valence-corrected chi connectivity index (χ2v) is 4.13. The van der Waals surface area contributed by atoms with Crippen LogP contribution in [-0.4, -0.2) is 16.6 Å². The number of nitrogens with one attached hydrogen (secondary N) is 1. The zero-order chi connectivity index (χ0) is 13.6. The zero-order valence-electron chi connectivity index (χ0n) is 9.54. The van der Waals surface area contributed by atoms with Gasteiger partial charge in [-0.1, -0.05) is 6.07 Å². The minimum Gasteiger partial charge on any atom is -0.352 e. The molecule has 0 saturated carbocycles. The number of H-pyrrole nitrogens is 1. The van der Waals surface area contributed by atoms with E-state index in [9.17, 15) is 18.4 Å². The molecule has 1 aromatic heterocycles. The van der Waals surface area contributed by atoms with Crippen LogP contribution in [0.5, 0.6) is 0 Å². The predicted molar refractivity (Wildman–Crippen MR) is 65.3 cm³/mol. The van der Waals surface area contributed by atoms with Gasteiger partial charge in [-0.2, -0.15) is 0 Å². The third kappa shape index (κ3) is 1.71. The molecule has 1 aliphatic rings. The van der Waals surface area contributed by atoms with Gasteiger partial charge >= 0.3 is 0 Å². The fourth-order valence-corrected chi connectivity index (χ4v) is 2.06. The molecule has 94 valence electrons. The van der Waals surface area contributed by atoms with E-state index in [1.54, 1.807) is 0 Å². The van der Waals surface area contributed by atoms with Gasteiger partial charge in [0.15, 0.2) is 17.4 Å². The van der Waals surface area contributed by atoms with Gasteiger partial charge in [0.05, 0.1) is 22.2 Å². The Kier molecular flexibility index (Phi) is 2.41. The van der Waals surface area contributed by atoms with E-state index in [0.717, 1.165) is 24.3 Å². The maximum absolute atomic E-state index is 14.2. The van der Waals surface area contributed by atoms with Crippen LogP contribution < -0.4 is 0 Å². The largest absolute Gasteiger partial charge is 0.352 e. The van der Waals surface area contributed by atoms with Crippen LogP contribution in [0.2, 0.25) is 0 Å². The lowest BCUT2D eigenvalue weighted by atomic mass is 10.0. The fraction of sp³-hybridized carbons (Fsp3) is 0. The molecule has 0 unspecified atom stereocenters. The number of carbonyl (C=O) groups excluding carboxylic acids is 2. The van der Waals surface area contributed by atoms with Crippen LogP contribution >= 0.6 is 0 Å². The molecule has 3 nitrogen and oxygen atoms in total. The van der Waals surface area contributed by atoms with Gasteiger partial charge in [-0.05, 0) is 30.4 Å². The van der Waals surface area contributed by atoms with E-state index in [1.807, 2.05) is 0 Å². The van der Waals surface area contributed by atoms with Crippen molar-refractivity contribution in [1.82, 2.24) is 4.98 Å². The first kappa shape index (κ1) is 11.5. The van der Waals surface area contributed by atoms with Crippen molar-refractivity contribution in [2.75, 3.05) is 0 Å². The molecule has 2 aromatic rings. The van der Waals surface area contributed by atoms with Crippen molar-refractivity contribution >= 4 is 28.0 Å². The summed E-state index contributed by atoms with van der Waals surface area (Å²) in [6, 6.07) is 4.06. The lowest BCUT2D eigenvalue weighted by Crippen LogP contribution is -2.07. The average molecular weight is 259 g/mol. The molecule has 0 spiro atoms. The highest BCUT2D eigenvalue weighted by Gasteiger charge is 2.23. The van der Waals surface area contributed by atoms with Crippen LogP contribution in [0.4, 0.5) is 8.78 Å². The molecule has 0 atom stereocenters. The molecule has 0 saturated heterocycles. The van der Waals surface area contributed by atoms with Gasteiger partial charge < -0.3 is 4.98 Å². The van der Waals surface area contributed by atoms with E-state index in [-0.39, 0.29) is 22.2 Å². The molecule has 5 heteroatoms. The Bertz CT molecular complexity index is 784. The van der Waals surface area contributed by atoms with Gasteiger partial charge in [0.25, 0.3) is 0 Å². The van der Waals surface area contributed by atoms with Gasteiger partial charge in [-0.25, -0.2) is 8.78 Å². The third-order valence-electron chi connectivity index (χ3n) is 2.93. The molecule has 0 aliphatic heterocycles. The quantitative estimate of drug-likeness (QED) is 0.800. The maximum atomic E-state index is 14.2. The van der Waals surface area contributed by atoms with Crippen molar-refractivity contribution < 1.29 is 18.4 Å². The summed E-state index contributed by atoms with van der Waals surface area (Å²) in [5.74, 6) is -2.49. The number of benzene rings is 1. The Hall–Kier alpha value is -2.56. The van der Waals surface area contributed by atoms with Crippen molar-refractivity contribution in [2.24, 2.45) is 0 Å². The number of aromatic nitrogens is 1. The molecular formula is C14H7F2NO2. The third-order valence-corrected chi connectivity index (χ3v) is 2.93. The molecule has 1 aromatic carbocycles. The zero-order valence-corrected chi connectivity index (χ0v) is 9.54. The van der Waals surface area contributed by atoms with Crippen molar-refractivity contribution in [3.8, 4) is 0 Å². The molecule has 0 radical (unpaired) electrons. The minimum atomic E-state index is -0.865. The summed E-state index contributed by atoms with van der Waals surface area (Å²) in [7, 11) is 0. The molecule has 1 heterocycles. The van der Waals surface area contributed by atoms with E-state index in [2.05, 4.69) is 4.98 Å². The van der Waals surface area contributed by atoms with E-state index in [1.165, 1.54) is 12.1 Å². The highest BCUT2D eigenvalue weighted by Crippen LogP contribution is 2.29. The van der Waals surface area contributed by atoms with Crippen molar-refractivity contribution in [3.63, 3.8) is 0 Å². The number of allylic oxidation sites excluding steroid dienone is 4. The first-order chi connectivity index (χ1) is 9.08. The second-order valence-electron chi connectivity index (χ2n) is 4.13. The van der Waals surface area contributed by atoms with Crippen LogP contribution in [0, 0.1) is 11.6 Å². The standard InChI is InChI=1S/C14H7F2NO2/c15-9-2-1-3-10-12(9)13(16)14(17-10)8-6-7(18)4-5-11(8)19/h1-6,17H. The van der Waals surface area contributed by atoms with Crippen molar-refractivity contribution in [3.05, 3.63) is 53.8 Å². The Morgan fingerprint density at radius 1 is 1.05 bits per heavy atom. The molecule has 1 N–H and O–H groups in total. The van der Waals surface area contributed by atoms with E-state index in [4.69, 9.17) is 0 Å². The lowest BCUT2D eigenvalue weighted by molar-refractivity contribution is -0.113. The van der Waals surface area contributed by atoms with Crippen LogP contribution in [0.25, 0.3) is 16.5 Å². The Balaban J connectivity index is 2.27. The summed E-state index contributed by atoms with van der Waals surface area (Å²) in [5.41, 5.74) is -0.0217. The molecule has 19 heavy (non-hydrogen) atoms. The fourth-order valence-electron chi connectivity index (χ4n) is 2.06. The van der Waals surface area contributed by atoms with Crippen LogP contribution in [0.15, 0.2) is 36.4 Å². The normalized spacial score (nSPS) is 15.2. The SMILES string of the molecule is O=C1C=CC(=O)C(c2[nH]c3cccc(F)c3c2F)=C1. The Morgan fingerprint density at radius 2 is 1.84 bits per heavy atom. The smallest absolute Gasteiger partial charge is 0.188 e. The first-order valence-corrected chi connectivity index (χ1v) is 5.52. The van der Waals surface area contributed by atoms with Crippen LogP contribution in [0.3, 0.4) is 0 Å². The van der Waals surface area contributed by atoms with E-state index in [0.29, 0.717) is 0 Å². The highest BCUT2D eigenvalue weighted by atomic mass is 19.1. The number of hydrogen-bond acceptors (Lipinski definition) is 2. The van der Waals surface area contributed by atoms with Gasteiger partial charge in [-0.15, -0.1) is 0 Å². The number of carbonyl (C=O) groups is 2. The summed E-state index contributed by atoms with van der Waals surface area (Å²) < 4.78 is 27.7. The summed E-state index contributed by atoms with van der Waals surface area (Å²) in [4.78, 5) is 25.6. The molecular weight excluding hydrogens is 252 g/mol. The Labute approximate surface area is 106 Å².